The summed E-state index contributed by atoms with van der Waals surface area (Å²) in [7, 11) is -3.57. The summed E-state index contributed by atoms with van der Waals surface area (Å²) >= 11 is 0. The molecular formula is C9H14N2O3S. The van der Waals surface area contributed by atoms with Crippen molar-refractivity contribution in [2.24, 2.45) is 5.73 Å². The second-order valence-corrected chi connectivity index (χ2v) is 4.77. The van der Waals surface area contributed by atoms with Crippen LogP contribution in [0.3, 0.4) is 0 Å². The number of nitrogens with one attached hydrogen (secondary N) is 1. The molecule has 0 aliphatic rings. The smallest absolute Gasteiger partial charge is 0.241 e. The Hall–Kier alpha value is -0.950. The number of benzene rings is 1. The third-order valence-corrected chi connectivity index (χ3v) is 3.31. The van der Waals surface area contributed by atoms with Gasteiger partial charge in [-0.05, 0) is 18.6 Å². The Kier molecular flexibility index (Phi) is 4.22. The molecule has 0 radical (unpaired) electrons. The van der Waals surface area contributed by atoms with Gasteiger partial charge in [0.05, 0.1) is 11.1 Å². The van der Waals surface area contributed by atoms with Gasteiger partial charge < -0.3 is 10.8 Å². The van der Waals surface area contributed by atoms with E-state index in [2.05, 4.69) is 4.72 Å². The van der Waals surface area contributed by atoms with E-state index in [1.807, 2.05) is 0 Å². The van der Waals surface area contributed by atoms with Gasteiger partial charge in [-0.15, -0.1) is 0 Å². The standard InChI is InChI=1S/C9H14N2O3S/c10-9(6-7-12)11-15(13,14)8-4-2-1-3-5-8/h1-5,9,11-12H,6-7,10H2. The van der Waals surface area contributed by atoms with Crippen molar-refractivity contribution in [3.63, 3.8) is 0 Å². The Bertz CT molecular complexity index is 391. The molecule has 15 heavy (non-hydrogen) atoms. The van der Waals surface area contributed by atoms with Crippen LogP contribution >= 0.6 is 0 Å². The normalized spacial score (nSPS) is 13.7. The van der Waals surface area contributed by atoms with Crippen molar-refractivity contribution in [2.75, 3.05) is 6.61 Å². The van der Waals surface area contributed by atoms with Crippen LogP contribution in [0.5, 0.6) is 0 Å². The zero-order valence-electron chi connectivity index (χ0n) is 8.13. The summed E-state index contributed by atoms with van der Waals surface area (Å²) < 4.78 is 25.6. The first kappa shape index (κ1) is 12.1. The van der Waals surface area contributed by atoms with Gasteiger partial charge in [0, 0.05) is 6.61 Å². The third kappa shape index (κ3) is 3.60. The van der Waals surface area contributed by atoms with Crippen molar-refractivity contribution < 1.29 is 13.5 Å². The second-order valence-electron chi connectivity index (χ2n) is 3.05. The molecule has 0 aliphatic carbocycles. The quantitative estimate of drug-likeness (QED) is 0.602. The van der Waals surface area contributed by atoms with Crippen molar-refractivity contribution in [1.29, 1.82) is 0 Å². The molecule has 1 aromatic rings. The highest BCUT2D eigenvalue weighted by atomic mass is 32.2. The van der Waals surface area contributed by atoms with Crippen LogP contribution in [-0.4, -0.2) is 26.3 Å². The molecule has 6 heteroatoms. The number of aliphatic hydroxyl groups excluding tert-OH is 1. The van der Waals surface area contributed by atoms with E-state index in [-0.39, 0.29) is 17.9 Å². The fraction of sp³-hybridized carbons (Fsp3) is 0.333. The van der Waals surface area contributed by atoms with Gasteiger partial charge in [0.25, 0.3) is 0 Å². The average Bonchev–Trinajstić information content (AvgIpc) is 2.18. The second kappa shape index (κ2) is 5.22. The van der Waals surface area contributed by atoms with E-state index < -0.39 is 16.2 Å². The molecule has 1 rings (SSSR count). The Labute approximate surface area is 89.0 Å². The maximum absolute atomic E-state index is 11.6. The van der Waals surface area contributed by atoms with Crippen molar-refractivity contribution in [2.45, 2.75) is 17.5 Å². The zero-order chi connectivity index (χ0) is 11.3. The van der Waals surface area contributed by atoms with Crippen LogP contribution in [-0.2, 0) is 10.0 Å². The molecule has 1 aromatic carbocycles. The molecule has 0 fully saturated rings. The monoisotopic (exact) mass is 230 g/mol. The van der Waals surface area contributed by atoms with Gasteiger partial charge in [0.15, 0.2) is 0 Å². The lowest BCUT2D eigenvalue weighted by atomic mass is 10.4. The van der Waals surface area contributed by atoms with Gasteiger partial charge in [-0.3, -0.25) is 0 Å². The molecule has 5 nitrogen and oxygen atoms in total. The van der Waals surface area contributed by atoms with Crippen molar-refractivity contribution >= 4 is 10.0 Å². The minimum absolute atomic E-state index is 0.154. The van der Waals surface area contributed by atoms with E-state index >= 15 is 0 Å². The maximum atomic E-state index is 11.6. The molecule has 0 saturated carbocycles. The molecular weight excluding hydrogens is 216 g/mol. The fourth-order valence-electron chi connectivity index (χ4n) is 1.06. The Morgan fingerprint density at radius 3 is 2.47 bits per heavy atom. The van der Waals surface area contributed by atoms with Gasteiger partial charge in [-0.25, -0.2) is 8.42 Å². The summed E-state index contributed by atoms with van der Waals surface area (Å²) in [5.41, 5.74) is 5.46. The molecule has 1 unspecified atom stereocenters. The van der Waals surface area contributed by atoms with Crippen LogP contribution in [0.25, 0.3) is 0 Å². The molecule has 0 amide bonds. The zero-order valence-corrected chi connectivity index (χ0v) is 8.94. The predicted octanol–water partition coefficient (Wildman–Crippen LogP) is -0.368. The highest BCUT2D eigenvalue weighted by Crippen LogP contribution is 2.07. The molecule has 84 valence electrons. The number of nitrogens with two attached hydrogens (primary N) is 1. The molecule has 4 N–H and O–H groups in total. The lowest BCUT2D eigenvalue weighted by Gasteiger charge is -2.12. The van der Waals surface area contributed by atoms with E-state index in [9.17, 15) is 8.42 Å². The first-order valence-corrected chi connectivity index (χ1v) is 5.98. The summed E-state index contributed by atoms with van der Waals surface area (Å²) in [4.78, 5) is 0.165. The first-order valence-electron chi connectivity index (χ1n) is 4.50. The van der Waals surface area contributed by atoms with Crippen molar-refractivity contribution in [3.8, 4) is 0 Å². The van der Waals surface area contributed by atoms with Gasteiger partial charge in [-0.2, -0.15) is 4.72 Å². The minimum Gasteiger partial charge on any atom is -0.396 e. The van der Waals surface area contributed by atoms with E-state index in [1.54, 1.807) is 18.2 Å². The van der Waals surface area contributed by atoms with E-state index in [1.165, 1.54) is 12.1 Å². The van der Waals surface area contributed by atoms with Crippen LogP contribution in [0.4, 0.5) is 0 Å². The summed E-state index contributed by atoms with van der Waals surface area (Å²) in [6.07, 6.45) is -0.577. The highest BCUT2D eigenvalue weighted by Gasteiger charge is 2.16. The van der Waals surface area contributed by atoms with Crippen molar-refractivity contribution in [3.05, 3.63) is 30.3 Å². The van der Waals surface area contributed by atoms with Gasteiger partial charge in [0.1, 0.15) is 0 Å². The lowest BCUT2D eigenvalue weighted by Crippen LogP contribution is -2.41. The predicted molar refractivity (Wildman–Crippen MR) is 56.4 cm³/mol. The van der Waals surface area contributed by atoms with Crippen LogP contribution in [0.2, 0.25) is 0 Å². The highest BCUT2D eigenvalue weighted by molar-refractivity contribution is 7.89. The number of aliphatic hydroxyl groups is 1. The molecule has 1 atom stereocenters. The van der Waals surface area contributed by atoms with E-state index in [0.29, 0.717) is 0 Å². The Balaban J connectivity index is 2.77. The lowest BCUT2D eigenvalue weighted by molar-refractivity contribution is 0.273. The SMILES string of the molecule is NC(CCO)NS(=O)(=O)c1ccccc1. The summed E-state index contributed by atoms with van der Waals surface area (Å²) in [5.74, 6) is 0. The fourth-order valence-corrected chi connectivity index (χ4v) is 2.23. The van der Waals surface area contributed by atoms with E-state index in [0.717, 1.165) is 0 Å². The number of rotatable bonds is 5. The number of hydrogen-bond acceptors (Lipinski definition) is 4. The van der Waals surface area contributed by atoms with Crippen LogP contribution in [0, 0.1) is 0 Å². The largest absolute Gasteiger partial charge is 0.396 e. The molecule has 0 aliphatic heterocycles. The topological polar surface area (TPSA) is 92.4 Å². The molecule has 0 aromatic heterocycles. The van der Waals surface area contributed by atoms with Crippen molar-refractivity contribution in [1.82, 2.24) is 4.72 Å². The summed E-state index contributed by atoms with van der Waals surface area (Å²) in [5, 5.41) is 8.59. The molecule has 0 bridgehead atoms. The Morgan fingerprint density at radius 2 is 1.93 bits per heavy atom. The summed E-state index contributed by atoms with van der Waals surface area (Å²) in [6.45, 7) is -0.154. The van der Waals surface area contributed by atoms with Gasteiger partial charge in [0.2, 0.25) is 10.0 Å². The molecule has 0 heterocycles. The van der Waals surface area contributed by atoms with Gasteiger partial charge >= 0.3 is 0 Å². The van der Waals surface area contributed by atoms with Crippen LogP contribution in [0.15, 0.2) is 35.2 Å². The maximum Gasteiger partial charge on any atom is 0.241 e. The number of sulfonamides is 1. The number of hydrogen-bond donors (Lipinski definition) is 3. The molecule has 0 saturated heterocycles. The summed E-state index contributed by atoms with van der Waals surface area (Å²) in [6, 6.07) is 7.95. The van der Waals surface area contributed by atoms with Crippen LogP contribution in [0.1, 0.15) is 6.42 Å². The average molecular weight is 230 g/mol. The van der Waals surface area contributed by atoms with Crippen LogP contribution < -0.4 is 10.5 Å². The Morgan fingerprint density at radius 1 is 1.33 bits per heavy atom. The van der Waals surface area contributed by atoms with E-state index in [4.69, 9.17) is 10.8 Å². The third-order valence-electron chi connectivity index (χ3n) is 1.80. The minimum atomic E-state index is -3.57. The molecule has 0 spiro atoms. The van der Waals surface area contributed by atoms with Gasteiger partial charge in [-0.1, -0.05) is 18.2 Å². The first-order chi connectivity index (χ1) is 7.06.